The number of benzene rings is 3. The molecule has 0 radical (unpaired) electrons. The van der Waals surface area contributed by atoms with Crippen LogP contribution < -0.4 is 10.1 Å². The molecule has 1 aliphatic carbocycles. The number of carbonyl (C=O) groups excluding carboxylic acids is 2. The van der Waals surface area contributed by atoms with E-state index in [9.17, 15) is 9.59 Å². The van der Waals surface area contributed by atoms with Crippen LogP contribution in [-0.4, -0.2) is 18.6 Å². The van der Waals surface area contributed by atoms with E-state index in [1.54, 1.807) is 43.4 Å². The molecule has 0 atom stereocenters. The van der Waals surface area contributed by atoms with Gasteiger partial charge >= 0.3 is 0 Å². The molecule has 0 aliphatic heterocycles. The Bertz CT molecular complexity index is 1120. The van der Waals surface area contributed by atoms with E-state index in [0.717, 1.165) is 0 Å². The number of hydrogen-bond donors (Lipinski definition) is 1. The minimum atomic E-state index is -0.200. The van der Waals surface area contributed by atoms with Crippen LogP contribution in [0.3, 0.4) is 0 Å². The summed E-state index contributed by atoms with van der Waals surface area (Å²) in [6.45, 7) is 6.45. The van der Waals surface area contributed by atoms with Crippen molar-refractivity contribution in [2.45, 2.75) is 26.2 Å². The lowest BCUT2D eigenvalue weighted by Crippen LogP contribution is -2.22. The lowest BCUT2D eigenvalue weighted by Gasteiger charge is -2.23. The first-order chi connectivity index (χ1) is 13.8. The van der Waals surface area contributed by atoms with Crippen molar-refractivity contribution in [3.05, 3.63) is 88.5 Å². The molecule has 4 rings (SSSR count). The summed E-state index contributed by atoms with van der Waals surface area (Å²) in [6.07, 6.45) is 0. The van der Waals surface area contributed by atoms with Gasteiger partial charge in [-0.25, -0.2) is 0 Å². The van der Waals surface area contributed by atoms with Gasteiger partial charge in [0.1, 0.15) is 5.75 Å². The summed E-state index contributed by atoms with van der Waals surface area (Å²) in [5, 5.41) is 3.07. The number of ketones is 2. The third kappa shape index (κ3) is 3.21. The molecule has 0 saturated carbocycles. The van der Waals surface area contributed by atoms with E-state index in [2.05, 4.69) is 26.1 Å². The Morgan fingerprint density at radius 2 is 1.38 bits per heavy atom. The van der Waals surface area contributed by atoms with Crippen LogP contribution in [0, 0.1) is 0 Å². The first-order valence-electron chi connectivity index (χ1n) is 9.63. The zero-order valence-corrected chi connectivity index (χ0v) is 17.0. The Morgan fingerprint density at radius 3 is 1.97 bits per heavy atom. The zero-order chi connectivity index (χ0) is 20.8. The highest BCUT2D eigenvalue weighted by Gasteiger charge is 2.33. The average molecular weight is 385 g/mol. The number of nitrogens with one attached hydrogen (secondary N) is 1. The predicted molar refractivity (Wildman–Crippen MR) is 115 cm³/mol. The maximum atomic E-state index is 13.3. The standard InChI is InChI=1S/C25H23NO3/c1-25(2,3)15-9-11-16(12-10-15)29-24-20(26-4)14-13-19-21(24)23(28)18-8-6-5-7-17(18)22(19)27/h5-14,26H,1-4H3. The average Bonchev–Trinajstić information content (AvgIpc) is 2.71. The molecule has 0 spiro atoms. The van der Waals surface area contributed by atoms with Crippen LogP contribution in [0.1, 0.15) is 58.2 Å². The third-order valence-corrected chi connectivity index (χ3v) is 5.26. The molecule has 0 amide bonds. The van der Waals surface area contributed by atoms with Gasteiger partial charge < -0.3 is 10.1 Å². The molecule has 3 aromatic carbocycles. The molecule has 3 aromatic rings. The number of ether oxygens (including phenoxy) is 1. The maximum absolute atomic E-state index is 13.3. The Balaban J connectivity index is 1.82. The summed E-state index contributed by atoms with van der Waals surface area (Å²) in [7, 11) is 1.76. The number of rotatable bonds is 3. The lowest BCUT2D eigenvalue weighted by molar-refractivity contribution is 0.0977. The summed E-state index contributed by atoms with van der Waals surface area (Å²) < 4.78 is 6.16. The zero-order valence-electron chi connectivity index (χ0n) is 17.0. The second-order valence-corrected chi connectivity index (χ2v) is 8.20. The topological polar surface area (TPSA) is 55.4 Å². The number of hydrogen-bond acceptors (Lipinski definition) is 4. The van der Waals surface area contributed by atoms with E-state index < -0.39 is 0 Å². The summed E-state index contributed by atoms with van der Waals surface area (Å²) in [6, 6.07) is 18.2. The van der Waals surface area contributed by atoms with Gasteiger partial charge in [0, 0.05) is 23.7 Å². The molecule has 0 saturated heterocycles. The van der Waals surface area contributed by atoms with Gasteiger partial charge in [-0.2, -0.15) is 0 Å². The van der Waals surface area contributed by atoms with Crippen LogP contribution >= 0.6 is 0 Å². The van der Waals surface area contributed by atoms with Crippen molar-refractivity contribution in [2.24, 2.45) is 0 Å². The SMILES string of the molecule is CNc1ccc2c(c1Oc1ccc(C(C)(C)C)cc1)C(=O)c1ccccc1C2=O. The van der Waals surface area contributed by atoms with Crippen LogP contribution in [-0.2, 0) is 5.41 Å². The molecule has 0 fully saturated rings. The Hall–Kier alpha value is -3.40. The van der Waals surface area contributed by atoms with E-state index in [1.807, 2.05) is 24.3 Å². The summed E-state index contributed by atoms with van der Waals surface area (Å²) in [5.74, 6) is 0.628. The lowest BCUT2D eigenvalue weighted by atomic mass is 9.83. The summed E-state index contributed by atoms with van der Waals surface area (Å²) >= 11 is 0. The second kappa shape index (κ2) is 6.89. The molecule has 4 nitrogen and oxygen atoms in total. The fraction of sp³-hybridized carbons (Fsp3) is 0.200. The van der Waals surface area contributed by atoms with Gasteiger partial charge in [-0.05, 0) is 35.2 Å². The number of fused-ring (bicyclic) bond motifs is 2. The van der Waals surface area contributed by atoms with Crippen molar-refractivity contribution >= 4 is 17.3 Å². The highest BCUT2D eigenvalue weighted by Crippen LogP contribution is 2.40. The molecule has 1 N–H and O–H groups in total. The van der Waals surface area contributed by atoms with Crippen molar-refractivity contribution in [1.29, 1.82) is 0 Å². The van der Waals surface area contributed by atoms with E-state index in [0.29, 0.717) is 39.4 Å². The quantitative estimate of drug-likeness (QED) is 0.499. The van der Waals surface area contributed by atoms with Gasteiger partial charge in [0.05, 0.1) is 11.3 Å². The number of carbonyl (C=O) groups is 2. The van der Waals surface area contributed by atoms with Crippen LogP contribution in [0.15, 0.2) is 60.7 Å². The Morgan fingerprint density at radius 1 is 0.759 bits per heavy atom. The van der Waals surface area contributed by atoms with E-state index in [4.69, 9.17) is 4.74 Å². The van der Waals surface area contributed by atoms with Crippen LogP contribution in [0.25, 0.3) is 0 Å². The van der Waals surface area contributed by atoms with Gasteiger partial charge in [0.25, 0.3) is 0 Å². The second-order valence-electron chi connectivity index (χ2n) is 8.20. The van der Waals surface area contributed by atoms with Crippen molar-refractivity contribution in [1.82, 2.24) is 0 Å². The van der Waals surface area contributed by atoms with Crippen molar-refractivity contribution in [3.63, 3.8) is 0 Å². The van der Waals surface area contributed by atoms with Crippen molar-refractivity contribution in [3.8, 4) is 11.5 Å². The maximum Gasteiger partial charge on any atom is 0.198 e. The Labute approximate surface area is 170 Å². The highest BCUT2D eigenvalue weighted by molar-refractivity contribution is 6.29. The van der Waals surface area contributed by atoms with E-state index >= 15 is 0 Å². The predicted octanol–water partition coefficient (Wildman–Crippen LogP) is 5.59. The summed E-state index contributed by atoms with van der Waals surface area (Å²) in [4.78, 5) is 26.2. The molecule has 0 unspecified atom stereocenters. The van der Waals surface area contributed by atoms with Gasteiger partial charge in [-0.15, -0.1) is 0 Å². The first-order valence-corrected chi connectivity index (χ1v) is 9.63. The van der Waals surface area contributed by atoms with Gasteiger partial charge in [-0.3, -0.25) is 9.59 Å². The highest BCUT2D eigenvalue weighted by atomic mass is 16.5. The molecular weight excluding hydrogens is 362 g/mol. The minimum absolute atomic E-state index is 0.0344. The normalized spacial score (nSPS) is 13.0. The molecule has 4 heteroatoms. The van der Waals surface area contributed by atoms with E-state index in [1.165, 1.54) is 5.56 Å². The Kier molecular flexibility index (Phi) is 4.50. The fourth-order valence-corrected chi connectivity index (χ4v) is 3.60. The molecule has 0 heterocycles. The molecule has 0 bridgehead atoms. The van der Waals surface area contributed by atoms with E-state index in [-0.39, 0.29) is 17.0 Å². The third-order valence-electron chi connectivity index (χ3n) is 5.26. The molecule has 146 valence electrons. The fourth-order valence-electron chi connectivity index (χ4n) is 3.60. The molecule has 1 aliphatic rings. The first kappa shape index (κ1) is 18.9. The minimum Gasteiger partial charge on any atom is -0.454 e. The molecule has 0 aromatic heterocycles. The monoisotopic (exact) mass is 385 g/mol. The smallest absolute Gasteiger partial charge is 0.198 e. The summed E-state index contributed by atoms with van der Waals surface area (Å²) in [5.41, 5.74) is 3.40. The number of anilines is 1. The van der Waals surface area contributed by atoms with Crippen molar-refractivity contribution in [2.75, 3.05) is 12.4 Å². The van der Waals surface area contributed by atoms with Gasteiger partial charge in [0.15, 0.2) is 17.3 Å². The molecule has 29 heavy (non-hydrogen) atoms. The van der Waals surface area contributed by atoms with Crippen LogP contribution in [0.5, 0.6) is 11.5 Å². The van der Waals surface area contributed by atoms with Crippen LogP contribution in [0.2, 0.25) is 0 Å². The van der Waals surface area contributed by atoms with Gasteiger partial charge in [-0.1, -0.05) is 57.2 Å². The largest absolute Gasteiger partial charge is 0.454 e. The molecular formula is C25H23NO3. The van der Waals surface area contributed by atoms with Gasteiger partial charge in [0.2, 0.25) is 0 Å². The van der Waals surface area contributed by atoms with Crippen molar-refractivity contribution < 1.29 is 14.3 Å². The van der Waals surface area contributed by atoms with Crippen LogP contribution in [0.4, 0.5) is 5.69 Å².